The van der Waals surface area contributed by atoms with E-state index in [1.165, 1.54) is 14.1 Å². The molecular formula is C20H23N7O4. The molecule has 4 rings (SSSR count). The second-order valence-electron chi connectivity index (χ2n) is 7.58. The number of H-pyrrole nitrogens is 1. The molecule has 1 saturated heterocycles. The lowest BCUT2D eigenvalue weighted by atomic mass is 10.1. The highest BCUT2D eigenvalue weighted by atomic mass is 16.2. The number of ketones is 1. The second kappa shape index (κ2) is 7.84. The van der Waals surface area contributed by atoms with Crippen molar-refractivity contribution in [2.75, 3.05) is 38.5 Å². The molecule has 1 amide bonds. The third kappa shape index (κ3) is 3.52. The van der Waals surface area contributed by atoms with Crippen LogP contribution in [0.3, 0.4) is 0 Å². The molecule has 11 nitrogen and oxygen atoms in total. The Labute approximate surface area is 176 Å². The molecule has 2 aromatic heterocycles. The van der Waals surface area contributed by atoms with Crippen molar-refractivity contribution < 1.29 is 9.59 Å². The number of carbonyl (C=O) groups is 2. The molecule has 3 N–H and O–H groups in total. The fraction of sp³-hybridized carbons (Fsp3) is 0.350. The summed E-state index contributed by atoms with van der Waals surface area (Å²) in [6.45, 7) is 1.75. The number of rotatable bonds is 4. The maximum Gasteiger partial charge on any atom is 0.332 e. The average Bonchev–Trinajstić information content (AvgIpc) is 3.20. The van der Waals surface area contributed by atoms with Gasteiger partial charge in [0, 0.05) is 45.7 Å². The van der Waals surface area contributed by atoms with Crippen molar-refractivity contribution in [3.05, 3.63) is 56.4 Å². The van der Waals surface area contributed by atoms with Crippen LogP contribution in [0.5, 0.6) is 0 Å². The summed E-state index contributed by atoms with van der Waals surface area (Å²) < 4.78 is 1.95. The number of piperazine rings is 1. The van der Waals surface area contributed by atoms with Crippen LogP contribution in [0.1, 0.15) is 20.8 Å². The largest absolute Gasteiger partial charge is 0.384 e. The van der Waals surface area contributed by atoms with Crippen LogP contribution in [0, 0.1) is 0 Å². The van der Waals surface area contributed by atoms with Crippen molar-refractivity contribution in [1.29, 1.82) is 0 Å². The van der Waals surface area contributed by atoms with E-state index in [-0.39, 0.29) is 23.8 Å². The molecule has 0 bridgehead atoms. The number of benzene rings is 1. The van der Waals surface area contributed by atoms with Crippen molar-refractivity contribution in [2.45, 2.75) is 0 Å². The zero-order valence-electron chi connectivity index (χ0n) is 17.3. The first-order valence-corrected chi connectivity index (χ1v) is 9.83. The van der Waals surface area contributed by atoms with E-state index < -0.39 is 17.0 Å². The Balaban J connectivity index is 1.44. The normalized spacial score (nSPS) is 14.8. The number of nitrogens with two attached hydrogens (primary N) is 1. The molecule has 11 heteroatoms. The third-order valence-corrected chi connectivity index (χ3v) is 5.69. The minimum absolute atomic E-state index is 0.0228. The minimum Gasteiger partial charge on any atom is -0.384 e. The average molecular weight is 425 g/mol. The molecule has 1 aliphatic heterocycles. The van der Waals surface area contributed by atoms with Gasteiger partial charge in [0.05, 0.1) is 12.1 Å². The van der Waals surface area contributed by atoms with E-state index in [2.05, 4.69) is 10.2 Å². The number of nitrogens with one attached hydrogen (secondary N) is 1. The molecule has 31 heavy (non-hydrogen) atoms. The molecule has 1 aromatic carbocycles. The van der Waals surface area contributed by atoms with Gasteiger partial charge in [-0.2, -0.15) is 5.10 Å². The number of aromatic nitrogens is 4. The number of anilines is 1. The number of para-hydroxylation sites is 1. The number of nitrogens with zero attached hydrogens (tertiary/aromatic N) is 5. The summed E-state index contributed by atoms with van der Waals surface area (Å²) in [6, 6.07) is 7.43. The monoisotopic (exact) mass is 425 g/mol. The number of carbonyl (C=O) groups excluding carboxylic acids is 2. The number of amides is 1. The molecule has 3 heterocycles. The van der Waals surface area contributed by atoms with Gasteiger partial charge in [0.15, 0.2) is 11.5 Å². The highest BCUT2D eigenvalue weighted by molar-refractivity contribution is 6.04. The van der Waals surface area contributed by atoms with E-state index >= 15 is 0 Å². The van der Waals surface area contributed by atoms with Gasteiger partial charge in [-0.05, 0) is 6.07 Å². The number of aromatic amines is 1. The van der Waals surface area contributed by atoms with Crippen LogP contribution in [0.15, 0.2) is 33.9 Å². The van der Waals surface area contributed by atoms with E-state index in [1.54, 1.807) is 4.90 Å². The number of nitrogen functional groups attached to an aromatic ring is 1. The van der Waals surface area contributed by atoms with E-state index in [1.807, 2.05) is 29.2 Å². The first-order valence-electron chi connectivity index (χ1n) is 9.83. The highest BCUT2D eigenvalue weighted by Gasteiger charge is 2.28. The van der Waals surface area contributed by atoms with Gasteiger partial charge in [0.25, 0.3) is 11.5 Å². The zero-order valence-corrected chi connectivity index (χ0v) is 17.3. The Morgan fingerprint density at radius 1 is 1.06 bits per heavy atom. The third-order valence-electron chi connectivity index (χ3n) is 5.69. The lowest BCUT2D eigenvalue weighted by molar-refractivity contribution is 0.0620. The van der Waals surface area contributed by atoms with Crippen molar-refractivity contribution in [3.63, 3.8) is 0 Å². The van der Waals surface area contributed by atoms with Gasteiger partial charge in [-0.3, -0.25) is 33.5 Å². The predicted octanol–water partition coefficient (Wildman–Crippen LogP) is -0.817. The number of Topliss-reactive ketones (excluding diaryl/α,β-unsaturated/α-hetero) is 1. The van der Waals surface area contributed by atoms with Gasteiger partial charge in [-0.25, -0.2) is 4.79 Å². The van der Waals surface area contributed by atoms with Gasteiger partial charge >= 0.3 is 5.69 Å². The molecule has 0 aliphatic carbocycles. The lowest BCUT2D eigenvalue weighted by Gasteiger charge is -2.34. The molecule has 0 spiro atoms. The molecule has 0 radical (unpaired) electrons. The van der Waals surface area contributed by atoms with E-state index in [0.717, 1.165) is 20.0 Å². The summed E-state index contributed by atoms with van der Waals surface area (Å²) in [7, 11) is 2.72. The van der Waals surface area contributed by atoms with Crippen LogP contribution in [0.25, 0.3) is 10.9 Å². The molecule has 0 unspecified atom stereocenters. The topological polar surface area (TPSA) is 139 Å². The van der Waals surface area contributed by atoms with Gasteiger partial charge in [0.1, 0.15) is 11.4 Å². The number of hydrogen-bond acceptors (Lipinski definition) is 7. The van der Waals surface area contributed by atoms with Crippen LogP contribution in [-0.4, -0.2) is 73.5 Å². The molecule has 1 fully saturated rings. The zero-order chi connectivity index (χ0) is 22.3. The van der Waals surface area contributed by atoms with Gasteiger partial charge in [-0.15, -0.1) is 0 Å². The van der Waals surface area contributed by atoms with Gasteiger partial charge in [-0.1, -0.05) is 18.2 Å². The lowest BCUT2D eigenvalue weighted by Crippen LogP contribution is -2.50. The predicted molar refractivity (Wildman–Crippen MR) is 114 cm³/mol. The van der Waals surface area contributed by atoms with Crippen molar-refractivity contribution in [3.8, 4) is 0 Å². The molecule has 162 valence electrons. The molecular weight excluding hydrogens is 402 g/mol. The SMILES string of the molecule is Cn1c(N)c(C(=O)CN2CCN(C(=O)c3n[nH]c4ccccc34)CC2)c(=O)n(C)c1=O. The fourth-order valence-corrected chi connectivity index (χ4v) is 3.79. The molecule has 0 saturated carbocycles. The highest BCUT2D eigenvalue weighted by Crippen LogP contribution is 2.18. The fourth-order valence-electron chi connectivity index (χ4n) is 3.79. The first kappa shape index (κ1) is 20.5. The Morgan fingerprint density at radius 3 is 2.45 bits per heavy atom. The maximum atomic E-state index is 12.9. The van der Waals surface area contributed by atoms with Crippen LogP contribution in [0.2, 0.25) is 0 Å². The van der Waals surface area contributed by atoms with Gasteiger partial charge < -0.3 is 10.6 Å². The van der Waals surface area contributed by atoms with E-state index in [4.69, 9.17) is 5.73 Å². The number of hydrogen-bond donors (Lipinski definition) is 2. The summed E-state index contributed by atoms with van der Waals surface area (Å²) >= 11 is 0. The van der Waals surface area contributed by atoms with E-state index in [0.29, 0.717) is 31.9 Å². The summed E-state index contributed by atoms with van der Waals surface area (Å²) in [4.78, 5) is 53.5. The standard InChI is InChI=1S/C20H23N7O4/c1-24-17(21)15(18(29)25(2)20(24)31)14(28)11-26-7-9-27(10-8-26)19(30)16-12-5-3-4-6-13(12)22-23-16/h3-6H,7-11,21H2,1-2H3,(H,22,23). The summed E-state index contributed by atoms with van der Waals surface area (Å²) in [5, 5.41) is 7.79. The van der Waals surface area contributed by atoms with Crippen LogP contribution >= 0.6 is 0 Å². The van der Waals surface area contributed by atoms with Crippen molar-refractivity contribution >= 4 is 28.4 Å². The van der Waals surface area contributed by atoms with Crippen molar-refractivity contribution in [2.24, 2.45) is 14.1 Å². The summed E-state index contributed by atoms with van der Waals surface area (Å²) in [5.74, 6) is -0.760. The van der Waals surface area contributed by atoms with Crippen LogP contribution in [0.4, 0.5) is 5.82 Å². The Bertz CT molecular complexity index is 1300. The Kier molecular flexibility index (Phi) is 5.19. The van der Waals surface area contributed by atoms with Crippen LogP contribution in [-0.2, 0) is 14.1 Å². The Hall–Kier alpha value is -3.73. The summed E-state index contributed by atoms with van der Waals surface area (Å²) in [5.41, 5.74) is 5.56. The second-order valence-corrected chi connectivity index (χ2v) is 7.58. The first-order chi connectivity index (χ1) is 14.8. The Morgan fingerprint density at radius 2 is 1.74 bits per heavy atom. The molecule has 0 atom stereocenters. The van der Waals surface area contributed by atoms with Crippen molar-refractivity contribution in [1.82, 2.24) is 29.1 Å². The summed E-state index contributed by atoms with van der Waals surface area (Å²) in [6.07, 6.45) is 0. The molecule has 3 aromatic rings. The smallest absolute Gasteiger partial charge is 0.332 e. The number of fused-ring (bicyclic) bond motifs is 1. The van der Waals surface area contributed by atoms with E-state index in [9.17, 15) is 19.2 Å². The van der Waals surface area contributed by atoms with Gasteiger partial charge in [0.2, 0.25) is 0 Å². The quantitative estimate of drug-likeness (QED) is 0.521. The molecule has 1 aliphatic rings. The minimum atomic E-state index is -0.704. The van der Waals surface area contributed by atoms with Crippen LogP contribution < -0.4 is 17.0 Å². The maximum absolute atomic E-state index is 12.9.